The SMILES string of the molecule is Cn1nc(CC(=O)CN2CCC(N)CC2)c2ccccc21. The number of likely N-dealkylation sites (tertiary alicyclic amines) is 1. The number of nitrogens with two attached hydrogens (primary N) is 1. The lowest BCUT2D eigenvalue weighted by atomic mass is 10.1. The zero-order chi connectivity index (χ0) is 14.8. The molecule has 1 aliphatic heterocycles. The lowest BCUT2D eigenvalue weighted by Gasteiger charge is -2.29. The fraction of sp³-hybridized carbons (Fsp3) is 0.500. The highest BCUT2D eigenvalue weighted by Crippen LogP contribution is 2.18. The molecular formula is C16H22N4O. The first-order valence-electron chi connectivity index (χ1n) is 7.54. The number of benzene rings is 1. The Bertz CT molecular complexity index is 641. The van der Waals surface area contributed by atoms with Crippen LogP contribution in [0.5, 0.6) is 0 Å². The summed E-state index contributed by atoms with van der Waals surface area (Å²) in [4.78, 5) is 14.5. The molecule has 1 aliphatic rings. The van der Waals surface area contributed by atoms with Crippen LogP contribution in [-0.2, 0) is 18.3 Å². The van der Waals surface area contributed by atoms with E-state index in [1.165, 1.54) is 0 Å². The summed E-state index contributed by atoms with van der Waals surface area (Å²) < 4.78 is 1.85. The number of para-hydroxylation sites is 1. The van der Waals surface area contributed by atoms with Crippen LogP contribution < -0.4 is 5.73 Å². The number of piperidine rings is 1. The molecule has 1 aromatic heterocycles. The highest BCUT2D eigenvalue weighted by molar-refractivity contribution is 5.89. The van der Waals surface area contributed by atoms with Gasteiger partial charge in [-0.25, -0.2) is 0 Å². The minimum absolute atomic E-state index is 0.231. The Morgan fingerprint density at radius 2 is 2.05 bits per heavy atom. The molecule has 1 saturated heterocycles. The van der Waals surface area contributed by atoms with Crippen LogP contribution in [0.3, 0.4) is 0 Å². The Morgan fingerprint density at radius 3 is 2.81 bits per heavy atom. The summed E-state index contributed by atoms with van der Waals surface area (Å²) >= 11 is 0. The molecule has 0 atom stereocenters. The Morgan fingerprint density at radius 1 is 1.33 bits per heavy atom. The van der Waals surface area contributed by atoms with Gasteiger partial charge >= 0.3 is 0 Å². The van der Waals surface area contributed by atoms with Crippen molar-refractivity contribution in [3.05, 3.63) is 30.0 Å². The molecule has 1 fully saturated rings. The Labute approximate surface area is 124 Å². The molecule has 2 N–H and O–H groups in total. The van der Waals surface area contributed by atoms with Crippen LogP contribution in [0.1, 0.15) is 18.5 Å². The molecule has 0 radical (unpaired) electrons. The van der Waals surface area contributed by atoms with Gasteiger partial charge in [-0.05, 0) is 18.9 Å². The van der Waals surface area contributed by atoms with Crippen molar-refractivity contribution in [3.63, 3.8) is 0 Å². The van der Waals surface area contributed by atoms with Crippen LogP contribution in [0.15, 0.2) is 24.3 Å². The second kappa shape index (κ2) is 5.95. The van der Waals surface area contributed by atoms with E-state index in [0.29, 0.717) is 19.0 Å². The van der Waals surface area contributed by atoms with Crippen LogP contribution in [0.25, 0.3) is 10.9 Å². The third-order valence-electron chi connectivity index (χ3n) is 4.23. The molecular weight excluding hydrogens is 264 g/mol. The third kappa shape index (κ3) is 3.14. The highest BCUT2D eigenvalue weighted by Gasteiger charge is 2.19. The van der Waals surface area contributed by atoms with Gasteiger partial charge in [-0.15, -0.1) is 0 Å². The summed E-state index contributed by atoms with van der Waals surface area (Å²) in [5.41, 5.74) is 7.85. The predicted octanol–water partition coefficient (Wildman–Crippen LogP) is 1.11. The van der Waals surface area contributed by atoms with Crippen LogP contribution >= 0.6 is 0 Å². The maximum atomic E-state index is 12.3. The Kier molecular flexibility index (Phi) is 4.03. The number of nitrogens with zero attached hydrogens (tertiary/aromatic N) is 3. The number of hydrogen-bond acceptors (Lipinski definition) is 4. The first-order valence-corrected chi connectivity index (χ1v) is 7.54. The second-order valence-corrected chi connectivity index (χ2v) is 5.92. The lowest BCUT2D eigenvalue weighted by molar-refractivity contribution is -0.119. The van der Waals surface area contributed by atoms with E-state index >= 15 is 0 Å². The molecule has 2 heterocycles. The van der Waals surface area contributed by atoms with Gasteiger partial charge < -0.3 is 5.73 Å². The van der Waals surface area contributed by atoms with Crippen molar-refractivity contribution in [2.75, 3.05) is 19.6 Å². The molecule has 1 aromatic carbocycles. The number of carbonyl (C=O) groups is 1. The van der Waals surface area contributed by atoms with E-state index < -0.39 is 0 Å². The van der Waals surface area contributed by atoms with Crippen molar-refractivity contribution in [1.82, 2.24) is 14.7 Å². The van der Waals surface area contributed by atoms with Gasteiger partial charge in [0.25, 0.3) is 0 Å². The molecule has 0 unspecified atom stereocenters. The van der Waals surface area contributed by atoms with Crippen LogP contribution in [0, 0.1) is 0 Å². The van der Waals surface area contributed by atoms with Crippen molar-refractivity contribution in [2.45, 2.75) is 25.3 Å². The summed E-state index contributed by atoms with van der Waals surface area (Å²) in [5.74, 6) is 0.231. The van der Waals surface area contributed by atoms with E-state index in [-0.39, 0.29) is 5.78 Å². The van der Waals surface area contributed by atoms with E-state index in [9.17, 15) is 4.79 Å². The summed E-state index contributed by atoms with van der Waals surface area (Å²) in [5, 5.41) is 5.57. The van der Waals surface area contributed by atoms with E-state index in [4.69, 9.17) is 5.73 Å². The molecule has 0 spiro atoms. The summed E-state index contributed by atoms with van der Waals surface area (Å²) in [6, 6.07) is 8.35. The number of fused-ring (bicyclic) bond motifs is 1. The molecule has 3 rings (SSSR count). The summed E-state index contributed by atoms with van der Waals surface area (Å²) in [6.07, 6.45) is 2.38. The molecule has 0 aliphatic carbocycles. The van der Waals surface area contributed by atoms with Crippen molar-refractivity contribution < 1.29 is 4.79 Å². The summed E-state index contributed by atoms with van der Waals surface area (Å²) in [6.45, 7) is 2.36. The molecule has 5 heteroatoms. The molecule has 112 valence electrons. The lowest BCUT2D eigenvalue weighted by Crippen LogP contribution is -2.42. The third-order valence-corrected chi connectivity index (χ3v) is 4.23. The molecule has 0 saturated carbocycles. The van der Waals surface area contributed by atoms with Crippen LogP contribution in [-0.4, -0.2) is 46.1 Å². The van der Waals surface area contributed by atoms with E-state index in [2.05, 4.69) is 10.00 Å². The maximum Gasteiger partial charge on any atom is 0.152 e. The Balaban J connectivity index is 1.66. The van der Waals surface area contributed by atoms with Crippen molar-refractivity contribution in [2.24, 2.45) is 12.8 Å². The predicted molar refractivity (Wildman–Crippen MR) is 83.1 cm³/mol. The first kappa shape index (κ1) is 14.2. The minimum Gasteiger partial charge on any atom is -0.328 e. The zero-order valence-electron chi connectivity index (χ0n) is 12.5. The average Bonchev–Trinajstić information content (AvgIpc) is 2.78. The first-order chi connectivity index (χ1) is 10.1. The van der Waals surface area contributed by atoms with Gasteiger partial charge in [0.05, 0.1) is 24.2 Å². The number of ketones is 1. The van der Waals surface area contributed by atoms with Gasteiger partial charge in [0.1, 0.15) is 0 Å². The number of rotatable bonds is 4. The quantitative estimate of drug-likeness (QED) is 0.914. The fourth-order valence-corrected chi connectivity index (χ4v) is 3.02. The normalized spacial score (nSPS) is 17.4. The van der Waals surface area contributed by atoms with E-state index in [1.54, 1.807) is 0 Å². The minimum atomic E-state index is 0.231. The standard InChI is InChI=1S/C16H22N4O/c1-19-16-5-3-2-4-14(16)15(18-19)10-13(21)11-20-8-6-12(17)7-9-20/h2-5,12H,6-11,17H2,1H3. The number of hydrogen-bond donors (Lipinski definition) is 1. The number of carbonyl (C=O) groups excluding carboxylic acids is 1. The van der Waals surface area contributed by atoms with Gasteiger partial charge in [0.2, 0.25) is 0 Å². The molecule has 21 heavy (non-hydrogen) atoms. The Hall–Kier alpha value is -1.72. The largest absolute Gasteiger partial charge is 0.328 e. The second-order valence-electron chi connectivity index (χ2n) is 5.92. The van der Waals surface area contributed by atoms with Gasteiger partial charge in [0, 0.05) is 31.6 Å². The molecule has 0 bridgehead atoms. The zero-order valence-corrected chi connectivity index (χ0v) is 12.5. The van der Waals surface area contributed by atoms with Crippen molar-refractivity contribution in [3.8, 4) is 0 Å². The number of Topliss-reactive ketones (excluding diaryl/α,β-unsaturated/α-hetero) is 1. The smallest absolute Gasteiger partial charge is 0.152 e. The monoisotopic (exact) mass is 286 g/mol. The molecule has 0 amide bonds. The van der Waals surface area contributed by atoms with E-state index in [0.717, 1.165) is 42.5 Å². The molecule has 5 nitrogen and oxygen atoms in total. The van der Waals surface area contributed by atoms with Crippen LogP contribution in [0.2, 0.25) is 0 Å². The van der Waals surface area contributed by atoms with Gasteiger partial charge in [-0.2, -0.15) is 5.10 Å². The summed E-state index contributed by atoms with van der Waals surface area (Å²) in [7, 11) is 1.92. The van der Waals surface area contributed by atoms with Crippen molar-refractivity contribution in [1.29, 1.82) is 0 Å². The fourth-order valence-electron chi connectivity index (χ4n) is 3.02. The average molecular weight is 286 g/mol. The van der Waals surface area contributed by atoms with Gasteiger partial charge in [-0.3, -0.25) is 14.4 Å². The number of aromatic nitrogens is 2. The van der Waals surface area contributed by atoms with Crippen LogP contribution in [0.4, 0.5) is 0 Å². The number of aryl methyl sites for hydroxylation is 1. The van der Waals surface area contributed by atoms with E-state index in [1.807, 2.05) is 36.0 Å². The molecule has 2 aromatic rings. The van der Waals surface area contributed by atoms with Gasteiger partial charge in [0.15, 0.2) is 5.78 Å². The maximum absolute atomic E-state index is 12.3. The van der Waals surface area contributed by atoms with Crippen molar-refractivity contribution >= 4 is 16.7 Å². The highest BCUT2D eigenvalue weighted by atomic mass is 16.1. The van der Waals surface area contributed by atoms with Gasteiger partial charge in [-0.1, -0.05) is 18.2 Å². The topological polar surface area (TPSA) is 64.2 Å².